The van der Waals surface area contributed by atoms with Crippen LogP contribution in [-0.2, 0) is 6.42 Å². The maximum atomic E-state index is 10.6. The molecule has 0 bridgehead atoms. The molecule has 6 heteroatoms. The van der Waals surface area contributed by atoms with Gasteiger partial charge in [0.2, 0.25) is 0 Å². The maximum Gasteiger partial charge on any atom is 0.274 e. The smallest absolute Gasteiger partial charge is 0.258 e. The Morgan fingerprint density at radius 1 is 1.64 bits per heavy atom. The Balaban J connectivity index is 3.32. The quantitative estimate of drug-likeness (QED) is 0.615. The van der Waals surface area contributed by atoms with Crippen molar-refractivity contribution in [3.05, 3.63) is 37.3 Å². The fraction of sp³-hybridized carbons (Fsp3) is 0.125. The summed E-state index contributed by atoms with van der Waals surface area (Å²) in [4.78, 5) is 10.1. The highest BCUT2D eigenvalue weighted by Crippen LogP contribution is 2.30. The van der Waals surface area contributed by atoms with Crippen molar-refractivity contribution in [2.24, 2.45) is 0 Å². The number of hydrogen-bond acceptors (Lipinski definition) is 3. The minimum Gasteiger partial charge on any atom is -0.258 e. The molecule has 0 aliphatic heterocycles. The summed E-state index contributed by atoms with van der Waals surface area (Å²) in [6.45, 7) is 0. The molecule has 72 valence electrons. The lowest BCUT2D eigenvalue weighted by molar-refractivity contribution is -0.385. The molecule has 0 fully saturated rings. The predicted molar refractivity (Wildman–Crippen MR) is 55.1 cm³/mol. The van der Waals surface area contributed by atoms with Crippen LogP contribution < -0.4 is 0 Å². The summed E-state index contributed by atoms with van der Waals surface area (Å²) in [6.07, 6.45) is -0.0245. The Kier molecular flexibility index (Phi) is 3.44. The van der Waals surface area contributed by atoms with Gasteiger partial charge in [-0.3, -0.25) is 10.1 Å². The third kappa shape index (κ3) is 2.22. The number of nitro benzene ring substituents is 1. The first-order valence-electron chi connectivity index (χ1n) is 3.55. The molecule has 0 aliphatic rings. The molecule has 1 aromatic rings. The standard InChI is InChI=1S/C8H4BrClN2O2/c9-6-4-8(12(13)14)5(1-2-11)3-7(6)10/h3-4H,1H2. The second-order valence-electron chi connectivity index (χ2n) is 2.49. The number of nitriles is 1. The summed E-state index contributed by atoms with van der Waals surface area (Å²) in [6, 6.07) is 4.57. The fourth-order valence-corrected chi connectivity index (χ4v) is 1.49. The van der Waals surface area contributed by atoms with Crippen molar-refractivity contribution in [2.75, 3.05) is 0 Å². The monoisotopic (exact) mass is 274 g/mol. The molecule has 0 spiro atoms. The normalized spacial score (nSPS) is 9.50. The van der Waals surface area contributed by atoms with Crippen molar-refractivity contribution in [1.82, 2.24) is 0 Å². The Morgan fingerprint density at radius 3 is 2.79 bits per heavy atom. The molecule has 1 rings (SSSR count). The Bertz CT molecular complexity index is 428. The van der Waals surface area contributed by atoms with E-state index >= 15 is 0 Å². The van der Waals surface area contributed by atoms with Gasteiger partial charge in [-0.2, -0.15) is 5.26 Å². The van der Waals surface area contributed by atoms with Gasteiger partial charge in [0.05, 0.1) is 22.4 Å². The number of halogens is 2. The molecule has 0 radical (unpaired) electrons. The van der Waals surface area contributed by atoms with Crippen molar-refractivity contribution in [3.8, 4) is 6.07 Å². The average Bonchev–Trinajstić information content (AvgIpc) is 2.11. The van der Waals surface area contributed by atoms with E-state index in [-0.39, 0.29) is 12.1 Å². The molecular weight excluding hydrogens is 271 g/mol. The first kappa shape index (κ1) is 11.0. The van der Waals surface area contributed by atoms with Gasteiger partial charge in [-0.15, -0.1) is 0 Å². The summed E-state index contributed by atoms with van der Waals surface area (Å²) in [5.74, 6) is 0. The van der Waals surface area contributed by atoms with Crippen LogP contribution in [0.3, 0.4) is 0 Å². The number of nitro groups is 1. The van der Waals surface area contributed by atoms with E-state index in [4.69, 9.17) is 16.9 Å². The first-order valence-corrected chi connectivity index (χ1v) is 4.72. The van der Waals surface area contributed by atoms with Crippen LogP contribution in [0.2, 0.25) is 5.02 Å². The van der Waals surface area contributed by atoms with Gasteiger partial charge in [-0.25, -0.2) is 0 Å². The van der Waals surface area contributed by atoms with Crippen molar-refractivity contribution in [2.45, 2.75) is 6.42 Å². The second-order valence-corrected chi connectivity index (χ2v) is 3.75. The third-order valence-electron chi connectivity index (χ3n) is 1.59. The number of nitrogens with zero attached hydrogens (tertiary/aromatic N) is 2. The highest BCUT2D eigenvalue weighted by atomic mass is 79.9. The van der Waals surface area contributed by atoms with E-state index in [9.17, 15) is 10.1 Å². The molecule has 0 heterocycles. The highest BCUT2D eigenvalue weighted by molar-refractivity contribution is 9.10. The van der Waals surface area contributed by atoms with Gasteiger partial charge in [0.1, 0.15) is 0 Å². The van der Waals surface area contributed by atoms with Gasteiger partial charge in [0, 0.05) is 16.1 Å². The average molecular weight is 275 g/mol. The van der Waals surface area contributed by atoms with Crippen LogP contribution >= 0.6 is 27.5 Å². The molecule has 4 nitrogen and oxygen atoms in total. The van der Waals surface area contributed by atoms with Gasteiger partial charge in [0.15, 0.2) is 0 Å². The summed E-state index contributed by atoms with van der Waals surface area (Å²) in [5.41, 5.74) is 0.230. The summed E-state index contributed by atoms with van der Waals surface area (Å²) in [5, 5.41) is 19.4. The van der Waals surface area contributed by atoms with Crippen LogP contribution in [0, 0.1) is 21.4 Å². The molecule has 0 atom stereocenters. The molecule has 0 saturated carbocycles. The lowest BCUT2D eigenvalue weighted by Crippen LogP contribution is -1.95. The van der Waals surface area contributed by atoms with E-state index in [1.807, 2.05) is 6.07 Å². The SMILES string of the molecule is N#CCc1cc(Cl)c(Br)cc1[N+](=O)[O-]. The van der Waals surface area contributed by atoms with E-state index < -0.39 is 4.92 Å². The minimum atomic E-state index is -0.534. The zero-order valence-electron chi connectivity index (χ0n) is 6.83. The van der Waals surface area contributed by atoms with E-state index in [1.54, 1.807) is 0 Å². The Hall–Kier alpha value is -1.12. The van der Waals surface area contributed by atoms with E-state index in [0.29, 0.717) is 15.1 Å². The van der Waals surface area contributed by atoms with E-state index in [1.165, 1.54) is 12.1 Å². The van der Waals surface area contributed by atoms with Crippen LogP contribution in [0.4, 0.5) is 5.69 Å². The van der Waals surface area contributed by atoms with Crippen LogP contribution in [0.1, 0.15) is 5.56 Å². The number of rotatable bonds is 2. The van der Waals surface area contributed by atoms with Crippen LogP contribution in [0.15, 0.2) is 16.6 Å². The third-order valence-corrected chi connectivity index (χ3v) is 2.78. The zero-order chi connectivity index (χ0) is 10.7. The zero-order valence-corrected chi connectivity index (χ0v) is 9.17. The summed E-state index contributed by atoms with van der Waals surface area (Å²) in [7, 11) is 0. The lowest BCUT2D eigenvalue weighted by Gasteiger charge is -2.01. The van der Waals surface area contributed by atoms with Gasteiger partial charge in [-0.05, 0) is 22.0 Å². The lowest BCUT2D eigenvalue weighted by atomic mass is 10.1. The molecule has 0 aliphatic carbocycles. The van der Waals surface area contributed by atoms with Crippen molar-refractivity contribution in [3.63, 3.8) is 0 Å². The second kappa shape index (κ2) is 4.40. The fourth-order valence-electron chi connectivity index (χ4n) is 0.974. The topological polar surface area (TPSA) is 66.9 Å². The van der Waals surface area contributed by atoms with E-state index in [2.05, 4.69) is 15.9 Å². The van der Waals surface area contributed by atoms with Gasteiger partial charge >= 0.3 is 0 Å². The molecule has 0 saturated heterocycles. The molecule has 1 aromatic carbocycles. The maximum absolute atomic E-state index is 10.6. The summed E-state index contributed by atoms with van der Waals surface area (Å²) >= 11 is 8.83. The van der Waals surface area contributed by atoms with Gasteiger partial charge < -0.3 is 0 Å². The van der Waals surface area contributed by atoms with Crippen LogP contribution in [0.25, 0.3) is 0 Å². The van der Waals surface area contributed by atoms with Gasteiger partial charge in [-0.1, -0.05) is 11.6 Å². The van der Waals surface area contributed by atoms with Crippen LogP contribution in [0.5, 0.6) is 0 Å². The first-order chi connectivity index (χ1) is 6.56. The molecule has 0 amide bonds. The molecule has 14 heavy (non-hydrogen) atoms. The Labute approximate surface area is 93.4 Å². The molecule has 0 N–H and O–H groups in total. The summed E-state index contributed by atoms with van der Waals surface area (Å²) < 4.78 is 0.451. The highest BCUT2D eigenvalue weighted by Gasteiger charge is 2.15. The largest absolute Gasteiger partial charge is 0.274 e. The molecular formula is C8H4BrClN2O2. The molecule has 0 unspecified atom stereocenters. The number of hydrogen-bond donors (Lipinski definition) is 0. The Morgan fingerprint density at radius 2 is 2.29 bits per heavy atom. The van der Waals surface area contributed by atoms with Gasteiger partial charge in [0.25, 0.3) is 5.69 Å². The number of benzene rings is 1. The molecule has 0 aromatic heterocycles. The van der Waals surface area contributed by atoms with Crippen LogP contribution in [-0.4, -0.2) is 4.92 Å². The van der Waals surface area contributed by atoms with E-state index in [0.717, 1.165) is 0 Å². The van der Waals surface area contributed by atoms with Crippen molar-refractivity contribution >= 4 is 33.2 Å². The minimum absolute atomic E-state index is 0.0245. The van der Waals surface area contributed by atoms with Crippen molar-refractivity contribution < 1.29 is 4.92 Å². The van der Waals surface area contributed by atoms with Crippen molar-refractivity contribution in [1.29, 1.82) is 5.26 Å². The predicted octanol–water partition coefficient (Wildman–Crippen LogP) is 3.08.